The van der Waals surface area contributed by atoms with Crippen molar-refractivity contribution in [3.8, 4) is 0 Å². The van der Waals surface area contributed by atoms with Gasteiger partial charge in [-0.25, -0.2) is 0 Å². The van der Waals surface area contributed by atoms with E-state index < -0.39 is 0 Å². The van der Waals surface area contributed by atoms with E-state index in [0.29, 0.717) is 12.2 Å². The monoisotopic (exact) mass is 201 g/mol. The number of fused-ring (bicyclic) bond motifs is 1. The van der Waals surface area contributed by atoms with Crippen molar-refractivity contribution in [2.24, 2.45) is 0 Å². The van der Waals surface area contributed by atoms with Gasteiger partial charge in [-0.15, -0.1) is 0 Å². The Kier molecular flexibility index (Phi) is 5.45. The van der Waals surface area contributed by atoms with Gasteiger partial charge in [0, 0.05) is 13.1 Å². The Morgan fingerprint density at radius 3 is 2.00 bits per heavy atom. The van der Waals surface area contributed by atoms with Gasteiger partial charge in [-0.1, -0.05) is 20.8 Å². The van der Waals surface area contributed by atoms with Gasteiger partial charge in [-0.2, -0.15) is 0 Å². The van der Waals surface area contributed by atoms with E-state index in [1.807, 2.05) is 13.8 Å². The van der Waals surface area contributed by atoms with E-state index >= 15 is 0 Å². The summed E-state index contributed by atoms with van der Waals surface area (Å²) in [5.74, 6) is 0. The quantitative estimate of drug-likeness (QED) is 0.676. The van der Waals surface area contributed by atoms with Crippen LogP contribution in [0.3, 0.4) is 0 Å². The van der Waals surface area contributed by atoms with E-state index in [2.05, 4.69) is 11.8 Å². The summed E-state index contributed by atoms with van der Waals surface area (Å²) in [7, 11) is 0. The van der Waals surface area contributed by atoms with Crippen LogP contribution in [0.15, 0.2) is 0 Å². The zero-order valence-corrected chi connectivity index (χ0v) is 9.66. The van der Waals surface area contributed by atoms with Crippen molar-refractivity contribution in [1.82, 2.24) is 4.90 Å². The first kappa shape index (κ1) is 12.0. The van der Waals surface area contributed by atoms with E-state index in [4.69, 9.17) is 9.47 Å². The van der Waals surface area contributed by atoms with Crippen molar-refractivity contribution in [3.05, 3.63) is 0 Å². The number of nitrogens with zero attached hydrogens (tertiary/aromatic N) is 1. The minimum atomic E-state index is 0.352. The lowest BCUT2D eigenvalue weighted by molar-refractivity contribution is -0.116. The molecule has 0 saturated carbocycles. The number of rotatable bonds is 2. The molecule has 2 saturated heterocycles. The molecule has 0 aromatic heterocycles. The van der Waals surface area contributed by atoms with E-state index in [1.165, 1.54) is 13.0 Å². The van der Waals surface area contributed by atoms with Crippen molar-refractivity contribution < 1.29 is 9.47 Å². The highest BCUT2D eigenvalue weighted by Gasteiger charge is 2.35. The average molecular weight is 201 g/mol. The maximum Gasteiger partial charge on any atom is 0.0976 e. The summed E-state index contributed by atoms with van der Waals surface area (Å²) in [6.07, 6.45) is 1.93. The van der Waals surface area contributed by atoms with Gasteiger partial charge in [0.05, 0.1) is 25.4 Å². The van der Waals surface area contributed by atoms with Crippen LogP contribution in [0.1, 0.15) is 27.2 Å². The van der Waals surface area contributed by atoms with Crippen LogP contribution in [-0.4, -0.2) is 50.0 Å². The topological polar surface area (TPSA) is 21.7 Å². The first-order valence-corrected chi connectivity index (χ1v) is 5.85. The Labute approximate surface area is 87.4 Å². The van der Waals surface area contributed by atoms with E-state index in [1.54, 1.807) is 0 Å². The molecule has 14 heavy (non-hydrogen) atoms. The van der Waals surface area contributed by atoms with Gasteiger partial charge < -0.3 is 9.47 Å². The molecule has 2 aliphatic heterocycles. The van der Waals surface area contributed by atoms with E-state index in [9.17, 15) is 0 Å². The van der Waals surface area contributed by atoms with E-state index in [0.717, 1.165) is 26.3 Å². The van der Waals surface area contributed by atoms with Gasteiger partial charge >= 0.3 is 0 Å². The van der Waals surface area contributed by atoms with Crippen LogP contribution in [0.4, 0.5) is 0 Å². The van der Waals surface area contributed by atoms with Gasteiger partial charge in [0.15, 0.2) is 0 Å². The number of likely N-dealkylation sites (tertiary alicyclic amines) is 1. The second-order valence-electron chi connectivity index (χ2n) is 3.58. The summed E-state index contributed by atoms with van der Waals surface area (Å²) in [6.45, 7) is 11.1. The third kappa shape index (κ3) is 2.94. The molecule has 2 rings (SSSR count). The Morgan fingerprint density at radius 2 is 1.57 bits per heavy atom. The molecule has 0 spiro atoms. The predicted molar refractivity (Wildman–Crippen MR) is 57.6 cm³/mol. The minimum Gasteiger partial charge on any atom is -0.372 e. The summed E-state index contributed by atoms with van der Waals surface area (Å²) < 4.78 is 11.2. The Balaban J connectivity index is 0.000000461. The molecular formula is C11H23NO2. The third-order valence-electron chi connectivity index (χ3n) is 2.58. The van der Waals surface area contributed by atoms with Crippen LogP contribution < -0.4 is 0 Å². The molecular weight excluding hydrogens is 178 g/mol. The molecule has 0 aromatic rings. The maximum atomic E-state index is 5.61. The molecule has 2 fully saturated rings. The molecule has 0 aliphatic carbocycles. The van der Waals surface area contributed by atoms with Crippen molar-refractivity contribution >= 4 is 0 Å². The van der Waals surface area contributed by atoms with Crippen LogP contribution in [0.5, 0.6) is 0 Å². The van der Waals surface area contributed by atoms with Crippen molar-refractivity contribution in [2.75, 3.05) is 32.8 Å². The van der Waals surface area contributed by atoms with Crippen LogP contribution in [-0.2, 0) is 9.47 Å². The van der Waals surface area contributed by atoms with E-state index in [-0.39, 0.29) is 0 Å². The van der Waals surface area contributed by atoms with Crippen LogP contribution in [0, 0.1) is 0 Å². The number of hydrogen-bond acceptors (Lipinski definition) is 3. The first-order chi connectivity index (χ1) is 6.90. The maximum absolute atomic E-state index is 5.61. The molecule has 2 heterocycles. The fourth-order valence-electron chi connectivity index (χ4n) is 2.04. The zero-order chi connectivity index (χ0) is 10.4. The highest BCUT2D eigenvalue weighted by Crippen LogP contribution is 2.19. The Bertz CT molecular complexity index is 138. The SMILES string of the molecule is CC.CCCN1CC2OCCOC2C1. The van der Waals surface area contributed by atoms with Gasteiger partial charge in [-0.05, 0) is 13.0 Å². The second-order valence-corrected chi connectivity index (χ2v) is 3.58. The van der Waals surface area contributed by atoms with Gasteiger partial charge in [0.2, 0.25) is 0 Å². The molecule has 0 bridgehead atoms. The van der Waals surface area contributed by atoms with Crippen LogP contribution >= 0.6 is 0 Å². The molecule has 0 amide bonds. The summed E-state index contributed by atoms with van der Waals surface area (Å²) >= 11 is 0. The third-order valence-corrected chi connectivity index (χ3v) is 2.58. The van der Waals surface area contributed by atoms with Gasteiger partial charge in [0.25, 0.3) is 0 Å². The zero-order valence-electron chi connectivity index (χ0n) is 9.66. The van der Waals surface area contributed by atoms with Gasteiger partial charge in [0.1, 0.15) is 0 Å². The van der Waals surface area contributed by atoms with Crippen molar-refractivity contribution in [3.63, 3.8) is 0 Å². The standard InChI is InChI=1S/C9H17NO2.C2H6/c1-2-3-10-6-8-9(7-10)12-5-4-11-8;1-2/h8-9H,2-7H2,1H3;1-2H3. The molecule has 2 atom stereocenters. The summed E-state index contributed by atoms with van der Waals surface area (Å²) in [5.41, 5.74) is 0. The lowest BCUT2D eigenvalue weighted by Gasteiger charge is -2.24. The smallest absolute Gasteiger partial charge is 0.0976 e. The molecule has 0 radical (unpaired) electrons. The lowest BCUT2D eigenvalue weighted by Crippen LogP contribution is -2.36. The predicted octanol–water partition coefficient (Wildman–Crippen LogP) is 1.52. The average Bonchev–Trinajstić information content (AvgIpc) is 2.63. The lowest BCUT2D eigenvalue weighted by atomic mass is 10.2. The highest BCUT2D eigenvalue weighted by molar-refractivity contribution is 4.87. The molecule has 2 unspecified atom stereocenters. The minimum absolute atomic E-state index is 0.352. The first-order valence-electron chi connectivity index (χ1n) is 5.85. The molecule has 3 heteroatoms. The molecule has 0 aromatic carbocycles. The largest absolute Gasteiger partial charge is 0.372 e. The molecule has 2 aliphatic rings. The summed E-state index contributed by atoms with van der Waals surface area (Å²) in [5, 5.41) is 0. The van der Waals surface area contributed by atoms with Crippen LogP contribution in [0.25, 0.3) is 0 Å². The van der Waals surface area contributed by atoms with Crippen molar-refractivity contribution in [2.45, 2.75) is 39.4 Å². The number of ether oxygens (including phenoxy) is 2. The normalized spacial score (nSPS) is 31.9. The molecule has 84 valence electrons. The Hall–Kier alpha value is -0.120. The highest BCUT2D eigenvalue weighted by atomic mass is 16.6. The fraction of sp³-hybridized carbons (Fsp3) is 1.00. The summed E-state index contributed by atoms with van der Waals surface area (Å²) in [4.78, 5) is 2.43. The molecule has 0 N–H and O–H groups in total. The fourth-order valence-corrected chi connectivity index (χ4v) is 2.04. The van der Waals surface area contributed by atoms with Crippen molar-refractivity contribution in [1.29, 1.82) is 0 Å². The second kappa shape index (κ2) is 6.38. The summed E-state index contributed by atoms with van der Waals surface area (Å²) in [6, 6.07) is 0. The van der Waals surface area contributed by atoms with Gasteiger partial charge in [-0.3, -0.25) is 4.90 Å². The Morgan fingerprint density at radius 1 is 1.07 bits per heavy atom. The molecule has 3 nitrogen and oxygen atoms in total. The van der Waals surface area contributed by atoms with Crippen LogP contribution in [0.2, 0.25) is 0 Å². The number of hydrogen-bond donors (Lipinski definition) is 0.